The zero-order chi connectivity index (χ0) is 12.8. The minimum absolute atomic E-state index is 0.154. The van der Waals surface area contributed by atoms with Crippen LogP contribution in [0.4, 0.5) is 4.79 Å². The van der Waals surface area contributed by atoms with E-state index in [1.165, 1.54) is 6.42 Å². The highest BCUT2D eigenvalue weighted by Crippen LogP contribution is 2.46. The number of amides is 2. The second-order valence-electron chi connectivity index (χ2n) is 6.47. The molecule has 1 unspecified atom stereocenters. The molecule has 17 heavy (non-hydrogen) atoms. The van der Waals surface area contributed by atoms with E-state index in [0.29, 0.717) is 5.84 Å². The molecule has 0 aromatic heterocycles. The van der Waals surface area contributed by atoms with Gasteiger partial charge in [-0.2, -0.15) is 4.99 Å². The van der Waals surface area contributed by atoms with Crippen LogP contribution in [0.25, 0.3) is 0 Å². The molecule has 2 N–H and O–H groups in total. The lowest BCUT2D eigenvalue weighted by atomic mass is 9.67. The SMILES string of the molecule is CC(C)N1C(=O)N=C(N)C12CCCC(C)(C)C2. The van der Waals surface area contributed by atoms with E-state index in [9.17, 15) is 4.79 Å². The molecule has 1 saturated carbocycles. The topological polar surface area (TPSA) is 58.7 Å². The van der Waals surface area contributed by atoms with Gasteiger partial charge < -0.3 is 10.6 Å². The van der Waals surface area contributed by atoms with Gasteiger partial charge in [-0.25, -0.2) is 4.79 Å². The largest absolute Gasteiger partial charge is 0.385 e. The predicted octanol–water partition coefficient (Wildman–Crippen LogP) is 2.53. The van der Waals surface area contributed by atoms with Gasteiger partial charge >= 0.3 is 6.03 Å². The van der Waals surface area contributed by atoms with Gasteiger partial charge in [-0.15, -0.1) is 0 Å². The van der Waals surface area contributed by atoms with Gasteiger partial charge in [0.05, 0.1) is 0 Å². The number of urea groups is 1. The van der Waals surface area contributed by atoms with Crippen molar-refractivity contribution < 1.29 is 4.79 Å². The number of hydrogen-bond donors (Lipinski definition) is 1. The van der Waals surface area contributed by atoms with Crippen LogP contribution in [0.3, 0.4) is 0 Å². The summed E-state index contributed by atoms with van der Waals surface area (Å²) in [5.74, 6) is 0.531. The fourth-order valence-corrected chi connectivity index (χ4v) is 3.53. The summed E-state index contributed by atoms with van der Waals surface area (Å²) >= 11 is 0. The first-order valence-electron chi connectivity index (χ1n) is 6.46. The van der Waals surface area contributed by atoms with Crippen molar-refractivity contribution in [1.82, 2.24) is 4.90 Å². The lowest BCUT2D eigenvalue weighted by Gasteiger charge is -2.48. The van der Waals surface area contributed by atoms with Crippen molar-refractivity contribution in [2.75, 3.05) is 0 Å². The van der Waals surface area contributed by atoms with Crippen LogP contribution in [0.1, 0.15) is 53.4 Å². The number of carbonyl (C=O) groups is 1. The van der Waals surface area contributed by atoms with Gasteiger partial charge in [-0.05, 0) is 38.5 Å². The quantitative estimate of drug-likeness (QED) is 0.761. The Morgan fingerprint density at radius 3 is 2.53 bits per heavy atom. The zero-order valence-corrected chi connectivity index (χ0v) is 11.3. The van der Waals surface area contributed by atoms with E-state index in [-0.39, 0.29) is 23.0 Å². The average Bonchev–Trinajstić information content (AvgIpc) is 2.35. The Hall–Kier alpha value is -1.06. The molecule has 2 amide bonds. The van der Waals surface area contributed by atoms with Crippen LogP contribution in [0.15, 0.2) is 4.99 Å². The van der Waals surface area contributed by atoms with Crippen LogP contribution in [0.2, 0.25) is 0 Å². The van der Waals surface area contributed by atoms with Crippen LogP contribution in [0, 0.1) is 5.41 Å². The van der Waals surface area contributed by atoms with Crippen LogP contribution in [-0.2, 0) is 0 Å². The van der Waals surface area contributed by atoms with E-state index < -0.39 is 0 Å². The number of nitrogens with zero attached hydrogens (tertiary/aromatic N) is 2. The van der Waals surface area contributed by atoms with Gasteiger partial charge in [0.15, 0.2) is 0 Å². The van der Waals surface area contributed by atoms with Crippen LogP contribution in [0.5, 0.6) is 0 Å². The Balaban J connectivity index is 2.39. The molecule has 2 rings (SSSR count). The van der Waals surface area contributed by atoms with Crippen molar-refractivity contribution in [1.29, 1.82) is 0 Å². The minimum Gasteiger partial charge on any atom is -0.385 e. The van der Waals surface area contributed by atoms with Crippen molar-refractivity contribution >= 4 is 11.9 Å². The summed E-state index contributed by atoms with van der Waals surface area (Å²) in [7, 11) is 0. The maximum Gasteiger partial charge on any atom is 0.346 e. The normalized spacial score (nSPS) is 32.4. The number of rotatable bonds is 1. The third kappa shape index (κ3) is 1.83. The van der Waals surface area contributed by atoms with Crippen molar-refractivity contribution in [2.24, 2.45) is 16.1 Å². The summed E-state index contributed by atoms with van der Waals surface area (Å²) in [4.78, 5) is 17.9. The molecule has 1 aliphatic heterocycles. The maximum absolute atomic E-state index is 12.0. The van der Waals surface area contributed by atoms with E-state index >= 15 is 0 Å². The number of aliphatic imine (C=N–C) groups is 1. The van der Waals surface area contributed by atoms with Crippen LogP contribution >= 0.6 is 0 Å². The fourth-order valence-electron chi connectivity index (χ4n) is 3.53. The van der Waals surface area contributed by atoms with Crippen molar-refractivity contribution in [3.05, 3.63) is 0 Å². The van der Waals surface area contributed by atoms with E-state index in [4.69, 9.17) is 5.73 Å². The number of amidine groups is 1. The molecule has 0 radical (unpaired) electrons. The summed E-state index contributed by atoms with van der Waals surface area (Å²) in [5, 5.41) is 0. The smallest absolute Gasteiger partial charge is 0.346 e. The number of carbonyl (C=O) groups excluding carboxylic acids is 1. The third-order valence-corrected chi connectivity index (χ3v) is 4.09. The fraction of sp³-hybridized carbons (Fsp3) is 0.846. The minimum atomic E-state index is -0.312. The molecule has 96 valence electrons. The lowest BCUT2D eigenvalue weighted by Crippen LogP contribution is -2.59. The molecule has 1 atom stereocenters. The van der Waals surface area contributed by atoms with Gasteiger partial charge in [0, 0.05) is 6.04 Å². The van der Waals surface area contributed by atoms with Gasteiger partial charge in [0.2, 0.25) is 0 Å². The highest BCUT2D eigenvalue weighted by Gasteiger charge is 2.53. The molecular weight excluding hydrogens is 214 g/mol. The first-order valence-corrected chi connectivity index (χ1v) is 6.46. The number of hydrogen-bond acceptors (Lipinski definition) is 2. The summed E-state index contributed by atoms with van der Waals surface area (Å²) in [5.41, 5.74) is 5.99. The Bertz CT molecular complexity index is 373. The monoisotopic (exact) mass is 237 g/mol. The van der Waals surface area contributed by atoms with Gasteiger partial charge in [0.1, 0.15) is 11.4 Å². The molecule has 1 fully saturated rings. The molecule has 1 aliphatic carbocycles. The first-order chi connectivity index (χ1) is 7.78. The Kier molecular flexibility index (Phi) is 2.71. The Labute approximate surface area is 103 Å². The molecule has 0 bridgehead atoms. The highest BCUT2D eigenvalue weighted by atomic mass is 16.2. The second kappa shape index (κ2) is 3.72. The van der Waals surface area contributed by atoms with Crippen molar-refractivity contribution in [2.45, 2.75) is 65.0 Å². The standard InChI is InChI=1S/C13H23N3O/c1-9(2)16-11(17)15-10(14)13(16)7-5-6-12(3,4)8-13/h9H,5-8H2,1-4H3,(H2,14,15,17). The summed E-state index contributed by atoms with van der Waals surface area (Å²) in [6.07, 6.45) is 4.19. The maximum atomic E-state index is 12.0. The first kappa shape index (κ1) is 12.4. The van der Waals surface area contributed by atoms with E-state index in [0.717, 1.165) is 19.3 Å². The van der Waals surface area contributed by atoms with Crippen molar-refractivity contribution in [3.63, 3.8) is 0 Å². The van der Waals surface area contributed by atoms with Gasteiger partial charge in [-0.1, -0.05) is 20.3 Å². The molecule has 0 aromatic carbocycles. The van der Waals surface area contributed by atoms with Gasteiger partial charge in [-0.3, -0.25) is 0 Å². The van der Waals surface area contributed by atoms with E-state index in [2.05, 4.69) is 18.8 Å². The highest BCUT2D eigenvalue weighted by molar-refractivity contribution is 6.06. The summed E-state index contributed by atoms with van der Waals surface area (Å²) < 4.78 is 0. The third-order valence-electron chi connectivity index (χ3n) is 4.09. The average molecular weight is 237 g/mol. The second-order valence-corrected chi connectivity index (χ2v) is 6.47. The number of nitrogens with two attached hydrogens (primary N) is 1. The summed E-state index contributed by atoms with van der Waals surface area (Å²) in [6.45, 7) is 8.58. The molecule has 1 spiro atoms. The molecular formula is C13H23N3O. The molecule has 4 heteroatoms. The van der Waals surface area contributed by atoms with Crippen molar-refractivity contribution in [3.8, 4) is 0 Å². The Morgan fingerprint density at radius 2 is 2.00 bits per heavy atom. The molecule has 0 saturated heterocycles. The lowest BCUT2D eigenvalue weighted by molar-refractivity contribution is 0.0695. The zero-order valence-electron chi connectivity index (χ0n) is 11.3. The molecule has 0 aromatic rings. The summed E-state index contributed by atoms with van der Waals surface area (Å²) in [6, 6.07) is -0.00333. The van der Waals surface area contributed by atoms with Crippen LogP contribution in [-0.4, -0.2) is 28.3 Å². The van der Waals surface area contributed by atoms with Gasteiger partial charge in [0.25, 0.3) is 0 Å². The van der Waals surface area contributed by atoms with E-state index in [1.54, 1.807) is 0 Å². The molecule has 4 nitrogen and oxygen atoms in total. The molecule has 2 aliphatic rings. The van der Waals surface area contributed by atoms with E-state index in [1.807, 2.05) is 18.7 Å². The van der Waals surface area contributed by atoms with Crippen LogP contribution < -0.4 is 5.73 Å². The molecule has 1 heterocycles. The predicted molar refractivity (Wildman–Crippen MR) is 69.0 cm³/mol. The Morgan fingerprint density at radius 1 is 1.35 bits per heavy atom.